The first-order valence-corrected chi connectivity index (χ1v) is 11.3. The van der Waals surface area contributed by atoms with Gasteiger partial charge in [-0.2, -0.15) is 0 Å². The zero-order valence-corrected chi connectivity index (χ0v) is 19.6. The lowest BCUT2D eigenvalue weighted by molar-refractivity contribution is -0.154. The van der Waals surface area contributed by atoms with Crippen molar-refractivity contribution in [3.05, 3.63) is 35.9 Å². The average Bonchev–Trinajstić information content (AvgIpc) is 3.24. The predicted octanol–water partition coefficient (Wildman–Crippen LogP) is -1.18. The summed E-state index contributed by atoms with van der Waals surface area (Å²) in [4.78, 5) is 42.5. The van der Waals surface area contributed by atoms with Crippen LogP contribution in [0.1, 0.15) is 19.4 Å². The van der Waals surface area contributed by atoms with Gasteiger partial charge in [0.05, 0.1) is 12.9 Å². The van der Waals surface area contributed by atoms with Crippen LogP contribution in [0.25, 0.3) is 0 Å². The van der Waals surface area contributed by atoms with Gasteiger partial charge in [-0.05, 0) is 11.5 Å². The zero-order chi connectivity index (χ0) is 25.4. The number of aliphatic imine (C=N–C) groups is 1. The van der Waals surface area contributed by atoms with Crippen LogP contribution in [-0.4, -0.2) is 84.9 Å². The van der Waals surface area contributed by atoms with Crippen LogP contribution < -0.4 is 21.7 Å². The van der Waals surface area contributed by atoms with E-state index >= 15 is 0 Å². The highest BCUT2D eigenvalue weighted by molar-refractivity contribution is 5.87. The third kappa shape index (κ3) is 7.36. The fraction of sp³-hybridized carbons (Fsp3) is 0.545. The first-order chi connectivity index (χ1) is 16.8. The summed E-state index contributed by atoms with van der Waals surface area (Å²) in [5.41, 5.74) is 6.55. The van der Waals surface area contributed by atoms with Crippen molar-refractivity contribution in [3.63, 3.8) is 0 Å². The molecule has 0 bridgehead atoms. The number of benzene rings is 1. The molecule has 13 heteroatoms. The number of alkyl carbamates (subject to hydrolysis) is 1. The van der Waals surface area contributed by atoms with Crippen molar-refractivity contribution in [2.75, 3.05) is 19.9 Å². The molecular weight excluding hydrogens is 460 g/mol. The van der Waals surface area contributed by atoms with Crippen LogP contribution in [-0.2, 0) is 30.4 Å². The highest BCUT2D eigenvalue weighted by atomic mass is 16.6. The third-order valence-electron chi connectivity index (χ3n) is 5.43. The van der Waals surface area contributed by atoms with E-state index in [0.29, 0.717) is 0 Å². The van der Waals surface area contributed by atoms with Crippen molar-refractivity contribution in [2.24, 2.45) is 16.6 Å². The molecule has 0 saturated carbocycles. The number of nitrogens with two attached hydrogens (primary N) is 1. The number of amides is 2. The third-order valence-corrected chi connectivity index (χ3v) is 5.43. The average molecular weight is 493 g/mol. The lowest BCUT2D eigenvalue weighted by Gasteiger charge is -2.35. The highest BCUT2D eigenvalue weighted by Gasteiger charge is 2.41. The topological polar surface area (TPSA) is 177 Å². The Labute approximate surface area is 203 Å². The van der Waals surface area contributed by atoms with Crippen LogP contribution in [0.3, 0.4) is 0 Å². The molecule has 0 aliphatic carbocycles. The van der Waals surface area contributed by atoms with E-state index in [1.807, 2.05) is 30.3 Å². The van der Waals surface area contributed by atoms with Gasteiger partial charge in [-0.15, -0.1) is 0 Å². The van der Waals surface area contributed by atoms with Gasteiger partial charge in [0, 0.05) is 0 Å². The second-order valence-corrected chi connectivity index (χ2v) is 8.48. The Morgan fingerprint density at radius 3 is 2.69 bits per heavy atom. The maximum Gasteiger partial charge on any atom is 0.408 e. The maximum absolute atomic E-state index is 12.6. The Morgan fingerprint density at radius 2 is 2.00 bits per heavy atom. The first kappa shape index (κ1) is 26.3. The fourth-order valence-electron chi connectivity index (χ4n) is 3.47. The SMILES string of the molecule is CC(C)C(NC(=O)OCc1ccccc1)C(=O)OCC(CO)OCN1C=NC2C(=O)NC(N)NC21. The minimum absolute atomic E-state index is 0.0296. The van der Waals surface area contributed by atoms with E-state index in [1.165, 1.54) is 6.34 Å². The predicted molar refractivity (Wildman–Crippen MR) is 123 cm³/mol. The van der Waals surface area contributed by atoms with Gasteiger partial charge >= 0.3 is 12.1 Å². The standard InChI is InChI=1S/C22H32N6O7/c1-13(2)16(25-22(32)34-9-14-6-4-3-5-7-14)20(31)33-10-15(8-29)35-12-28-11-24-17-18(28)26-21(23)27-19(17)30/h3-7,11,13,15-18,21,26,29H,8-10,12,23H2,1-2H3,(H,25,32)(H,27,30). The summed E-state index contributed by atoms with van der Waals surface area (Å²) in [5, 5.41) is 17.7. The van der Waals surface area contributed by atoms with Gasteiger partial charge in [0.2, 0.25) is 0 Å². The van der Waals surface area contributed by atoms with Crippen LogP contribution in [0, 0.1) is 5.92 Å². The summed E-state index contributed by atoms with van der Waals surface area (Å²) in [7, 11) is 0. The molecule has 1 aromatic rings. The molecule has 3 rings (SSSR count). The first-order valence-electron chi connectivity index (χ1n) is 11.3. The minimum Gasteiger partial charge on any atom is -0.461 e. The Hall–Kier alpha value is -3.26. The van der Waals surface area contributed by atoms with Crippen LogP contribution in [0.15, 0.2) is 35.3 Å². The number of hydrogen-bond acceptors (Lipinski definition) is 11. The van der Waals surface area contributed by atoms with Gasteiger partial charge in [0.1, 0.15) is 44.5 Å². The molecule has 2 aliphatic heterocycles. The molecule has 1 aromatic carbocycles. The van der Waals surface area contributed by atoms with Gasteiger partial charge in [0.15, 0.2) is 6.04 Å². The second-order valence-electron chi connectivity index (χ2n) is 8.48. The van der Waals surface area contributed by atoms with Crippen molar-refractivity contribution in [1.29, 1.82) is 0 Å². The summed E-state index contributed by atoms with van der Waals surface area (Å²) < 4.78 is 16.1. The molecule has 0 aromatic heterocycles. The summed E-state index contributed by atoms with van der Waals surface area (Å²) in [5.74, 6) is -1.26. The normalized spacial score (nSPS) is 22.8. The van der Waals surface area contributed by atoms with Crippen molar-refractivity contribution in [1.82, 2.24) is 20.9 Å². The Kier molecular flexibility index (Phi) is 9.37. The quantitative estimate of drug-likeness (QED) is 0.236. The number of nitrogens with one attached hydrogen (secondary N) is 3. The molecule has 2 amide bonds. The monoisotopic (exact) mass is 492 g/mol. The molecule has 35 heavy (non-hydrogen) atoms. The van der Waals surface area contributed by atoms with E-state index in [1.54, 1.807) is 18.7 Å². The molecule has 0 spiro atoms. The van der Waals surface area contributed by atoms with E-state index in [9.17, 15) is 19.5 Å². The number of carbonyl (C=O) groups is 3. The van der Waals surface area contributed by atoms with Gasteiger partial charge in [-0.3, -0.25) is 20.8 Å². The van der Waals surface area contributed by atoms with Crippen molar-refractivity contribution < 1.29 is 33.7 Å². The number of ether oxygens (including phenoxy) is 3. The lowest BCUT2D eigenvalue weighted by Crippen LogP contribution is -2.69. The summed E-state index contributed by atoms with van der Waals surface area (Å²) in [6, 6.07) is 7.54. The molecule has 2 aliphatic rings. The van der Waals surface area contributed by atoms with E-state index in [2.05, 4.69) is 20.9 Å². The number of aliphatic hydroxyl groups excluding tert-OH is 1. The molecule has 5 unspecified atom stereocenters. The van der Waals surface area contributed by atoms with E-state index in [4.69, 9.17) is 19.9 Å². The lowest BCUT2D eigenvalue weighted by atomic mass is 10.1. The molecule has 13 nitrogen and oxygen atoms in total. The number of fused-ring (bicyclic) bond motifs is 1. The Bertz CT molecular complexity index is 900. The molecule has 6 N–H and O–H groups in total. The molecule has 5 atom stereocenters. The maximum atomic E-state index is 12.6. The molecular formula is C22H32N6O7. The highest BCUT2D eigenvalue weighted by Crippen LogP contribution is 2.15. The number of nitrogens with zero attached hydrogens (tertiary/aromatic N) is 2. The molecule has 2 heterocycles. The summed E-state index contributed by atoms with van der Waals surface area (Å²) in [6.45, 7) is 2.88. The van der Waals surface area contributed by atoms with E-state index < -0.39 is 49.3 Å². The van der Waals surface area contributed by atoms with Crippen LogP contribution in [0.4, 0.5) is 4.79 Å². The second kappa shape index (κ2) is 12.4. The summed E-state index contributed by atoms with van der Waals surface area (Å²) >= 11 is 0. The Morgan fingerprint density at radius 1 is 1.26 bits per heavy atom. The molecule has 1 fully saturated rings. The fourth-order valence-corrected chi connectivity index (χ4v) is 3.47. The number of esters is 1. The van der Waals surface area contributed by atoms with Crippen molar-refractivity contribution in [2.45, 2.75) is 51.1 Å². The molecule has 1 saturated heterocycles. The smallest absolute Gasteiger partial charge is 0.408 e. The van der Waals surface area contributed by atoms with Crippen LogP contribution in [0.5, 0.6) is 0 Å². The minimum atomic E-state index is -0.949. The molecule has 0 radical (unpaired) electrons. The molecule has 192 valence electrons. The number of hydrogen-bond donors (Lipinski definition) is 5. The zero-order valence-electron chi connectivity index (χ0n) is 19.6. The van der Waals surface area contributed by atoms with E-state index in [-0.39, 0.29) is 31.8 Å². The van der Waals surface area contributed by atoms with Crippen molar-refractivity contribution in [3.8, 4) is 0 Å². The Balaban J connectivity index is 1.44. The van der Waals surface area contributed by atoms with Gasteiger partial charge < -0.3 is 34.9 Å². The number of carbonyl (C=O) groups excluding carboxylic acids is 3. The largest absolute Gasteiger partial charge is 0.461 e. The number of aliphatic hydroxyl groups is 1. The van der Waals surface area contributed by atoms with Gasteiger partial charge in [0.25, 0.3) is 5.91 Å². The van der Waals surface area contributed by atoms with Gasteiger partial charge in [-0.25, -0.2) is 9.59 Å². The van der Waals surface area contributed by atoms with Gasteiger partial charge in [-0.1, -0.05) is 44.2 Å². The van der Waals surface area contributed by atoms with Crippen LogP contribution in [0.2, 0.25) is 0 Å². The van der Waals surface area contributed by atoms with E-state index in [0.717, 1.165) is 5.56 Å². The summed E-state index contributed by atoms with van der Waals surface area (Å²) in [6.07, 6.45) is -1.33. The van der Waals surface area contributed by atoms with Crippen molar-refractivity contribution >= 4 is 24.3 Å². The number of rotatable bonds is 11. The van der Waals surface area contributed by atoms with Crippen LogP contribution >= 0.6 is 0 Å².